The van der Waals surface area contributed by atoms with Crippen LogP contribution in [0.5, 0.6) is 11.8 Å². The van der Waals surface area contributed by atoms with E-state index in [1.54, 1.807) is 18.3 Å². The number of hydrogen-bond acceptors (Lipinski definition) is 10. The minimum Gasteiger partial charge on any atom is -0.480 e. The lowest BCUT2D eigenvalue weighted by Crippen LogP contribution is -2.52. The van der Waals surface area contributed by atoms with Crippen molar-refractivity contribution in [1.82, 2.24) is 20.2 Å². The molecule has 5 aromatic rings. The summed E-state index contributed by atoms with van der Waals surface area (Å²) < 4.78 is 12.3. The molecule has 2 atom stereocenters. The fraction of sp³-hybridized carbons (Fsp3) is 0.318. The first-order valence-electron chi connectivity index (χ1n) is 18.3. The number of aromatic nitrogens is 2. The van der Waals surface area contributed by atoms with Crippen LogP contribution in [0.4, 0.5) is 0 Å². The maximum atomic E-state index is 11.8. The summed E-state index contributed by atoms with van der Waals surface area (Å²) in [6.45, 7) is 5.15. The van der Waals surface area contributed by atoms with Crippen molar-refractivity contribution in [3.8, 4) is 40.1 Å². The van der Waals surface area contributed by atoms with Gasteiger partial charge in [-0.15, -0.1) is 0 Å². The Balaban J connectivity index is 1.26. The highest BCUT2D eigenvalue weighted by Crippen LogP contribution is 2.43. The Morgan fingerprint density at radius 2 is 1.68 bits per heavy atom. The van der Waals surface area contributed by atoms with E-state index in [-0.39, 0.29) is 48.7 Å². The molecule has 6 rings (SSSR count). The maximum absolute atomic E-state index is 11.8. The number of carboxylic acids is 1. The van der Waals surface area contributed by atoms with Crippen LogP contribution < -0.4 is 14.8 Å². The molecular weight excluding hydrogens is 730 g/mol. The quantitative estimate of drug-likeness (QED) is 0.0893. The van der Waals surface area contributed by atoms with Gasteiger partial charge in [-0.1, -0.05) is 66.2 Å². The smallest absolute Gasteiger partial charge is 0.326 e. The minimum atomic E-state index is -1.62. The van der Waals surface area contributed by atoms with Crippen LogP contribution >= 0.6 is 11.6 Å². The summed E-state index contributed by atoms with van der Waals surface area (Å²) in [5.41, 5.74) is 9.51. The average Bonchev–Trinajstić information content (AvgIpc) is 3.59. The molecule has 1 aliphatic rings. The lowest BCUT2D eigenvalue weighted by atomic mass is 9.87. The van der Waals surface area contributed by atoms with Gasteiger partial charge in [0.1, 0.15) is 29.8 Å². The predicted molar refractivity (Wildman–Crippen MR) is 214 cm³/mol. The summed E-state index contributed by atoms with van der Waals surface area (Å²) in [7, 11) is 4.05. The number of hydrogen-bond donors (Lipinski definition) is 4. The van der Waals surface area contributed by atoms with Gasteiger partial charge in [-0.2, -0.15) is 10.2 Å². The third kappa shape index (κ3) is 7.98. The first-order valence-corrected chi connectivity index (χ1v) is 18.7. The lowest BCUT2D eigenvalue weighted by molar-refractivity contribution is -0.145. The SMILES string of the molecule is Cc1c(COc2nc(OCc3cncc(C#N)c3)c(CN[C@@](C)(CO)C(=O)O)cc2Cl)cccc1-c1cccc(-c2ccc3c(c2)CC[C@@]3(CO)N(C)C)c1C. The van der Waals surface area contributed by atoms with E-state index >= 15 is 0 Å². The molecule has 3 aromatic carbocycles. The fourth-order valence-electron chi connectivity index (χ4n) is 7.30. The highest BCUT2D eigenvalue weighted by atomic mass is 35.5. The number of nitriles is 1. The van der Waals surface area contributed by atoms with Crippen LogP contribution in [-0.4, -0.2) is 69.0 Å². The molecule has 0 unspecified atom stereocenters. The normalized spacial score (nSPS) is 15.9. The number of nitrogens with one attached hydrogen (secondary N) is 1. The number of aliphatic carboxylic acids is 1. The Morgan fingerprint density at radius 3 is 2.38 bits per heavy atom. The Kier molecular flexibility index (Phi) is 12.1. The van der Waals surface area contributed by atoms with Gasteiger partial charge in [0, 0.05) is 30.1 Å². The number of likely N-dealkylation sites (N-methyl/N-ethyl adjacent to an activating group) is 1. The van der Waals surface area contributed by atoms with Crippen molar-refractivity contribution in [3.05, 3.63) is 129 Å². The number of carboxylic acid groups (broad SMARTS) is 1. The summed E-state index contributed by atoms with van der Waals surface area (Å²) in [5.74, 6) is -0.964. The van der Waals surface area contributed by atoms with Crippen LogP contribution in [0.25, 0.3) is 22.3 Å². The predicted octanol–water partition coefficient (Wildman–Crippen LogP) is 6.73. The van der Waals surface area contributed by atoms with E-state index < -0.39 is 18.1 Å². The van der Waals surface area contributed by atoms with Crippen molar-refractivity contribution in [2.24, 2.45) is 0 Å². The fourth-order valence-corrected chi connectivity index (χ4v) is 7.53. The number of benzene rings is 3. The second kappa shape index (κ2) is 16.8. The first-order chi connectivity index (χ1) is 26.8. The van der Waals surface area contributed by atoms with Gasteiger partial charge in [-0.25, -0.2) is 0 Å². The number of aliphatic hydroxyl groups is 2. The number of aliphatic hydroxyl groups excluding tert-OH is 2. The Hall–Kier alpha value is -5.35. The number of fused-ring (bicyclic) bond motifs is 1. The third-order valence-corrected chi connectivity index (χ3v) is 11.3. The zero-order valence-electron chi connectivity index (χ0n) is 32.2. The maximum Gasteiger partial charge on any atom is 0.326 e. The number of ether oxygens (including phenoxy) is 2. The molecule has 0 saturated heterocycles. The molecule has 11 nitrogen and oxygen atoms in total. The van der Waals surface area contributed by atoms with Gasteiger partial charge in [0.2, 0.25) is 11.8 Å². The molecule has 0 aliphatic heterocycles. The molecule has 0 bridgehead atoms. The van der Waals surface area contributed by atoms with Gasteiger partial charge in [0.15, 0.2) is 0 Å². The molecule has 0 spiro atoms. The van der Waals surface area contributed by atoms with Gasteiger partial charge in [-0.05, 0) is 110 Å². The number of halogens is 1. The molecule has 2 heterocycles. The second-order valence-corrected chi connectivity index (χ2v) is 15.1. The lowest BCUT2D eigenvalue weighted by Gasteiger charge is -2.35. The van der Waals surface area contributed by atoms with Crippen LogP contribution in [0, 0.1) is 25.2 Å². The highest BCUT2D eigenvalue weighted by molar-refractivity contribution is 6.31. The monoisotopic (exact) mass is 775 g/mol. The van der Waals surface area contributed by atoms with Gasteiger partial charge < -0.3 is 24.8 Å². The van der Waals surface area contributed by atoms with Crippen molar-refractivity contribution >= 4 is 17.6 Å². The molecule has 290 valence electrons. The molecular formula is C44H46ClN5O6. The largest absolute Gasteiger partial charge is 0.480 e. The molecule has 0 amide bonds. The summed E-state index contributed by atoms with van der Waals surface area (Å²) >= 11 is 6.71. The first kappa shape index (κ1) is 40.3. The van der Waals surface area contributed by atoms with E-state index in [4.69, 9.17) is 21.1 Å². The van der Waals surface area contributed by atoms with Crippen molar-refractivity contribution < 1.29 is 29.6 Å². The van der Waals surface area contributed by atoms with E-state index in [1.807, 2.05) is 26.2 Å². The topological polar surface area (TPSA) is 161 Å². The standard InChI is InChI=1S/C44H46ClN5O6/c1-27-33(8-6-10-36(27)37-11-7-9-35(28(37)2)31-12-13-38-32(17-31)14-15-44(38,26-52)50(4)5)24-56-41-39(45)18-34(22-48-43(3,25-51)42(53)54)40(49-41)55-23-30-16-29(19-46)20-47-21-30/h6-13,16-18,20-21,48,51-52H,14-15,22-26H2,1-5H3,(H,53,54)/t43-,44-/m0/s1. The molecule has 4 N–H and O–H groups in total. The summed E-state index contributed by atoms with van der Waals surface area (Å²) in [6, 6.07) is 24.4. The minimum absolute atomic E-state index is 0.0182. The van der Waals surface area contributed by atoms with Gasteiger partial charge in [0.25, 0.3) is 0 Å². The van der Waals surface area contributed by atoms with Crippen LogP contribution in [0.3, 0.4) is 0 Å². The van der Waals surface area contributed by atoms with E-state index in [9.17, 15) is 25.4 Å². The van der Waals surface area contributed by atoms with Crippen molar-refractivity contribution in [2.45, 2.75) is 64.4 Å². The van der Waals surface area contributed by atoms with Crippen LogP contribution in [0.1, 0.15) is 57.9 Å². The number of nitrogens with zero attached hydrogens (tertiary/aromatic N) is 4. The summed E-state index contributed by atoms with van der Waals surface area (Å²) in [6.07, 6.45) is 4.82. The van der Waals surface area contributed by atoms with E-state index in [1.165, 1.54) is 24.2 Å². The zero-order valence-corrected chi connectivity index (χ0v) is 32.9. The Morgan fingerprint density at radius 1 is 0.964 bits per heavy atom. The molecule has 1 aliphatic carbocycles. The summed E-state index contributed by atoms with van der Waals surface area (Å²) in [4.78, 5) is 22.7. The summed E-state index contributed by atoms with van der Waals surface area (Å²) in [5, 5.41) is 42.1. The molecule has 2 aromatic heterocycles. The Bertz CT molecular complexity index is 2310. The third-order valence-electron chi connectivity index (χ3n) is 11.0. The van der Waals surface area contributed by atoms with E-state index in [0.717, 1.165) is 51.8 Å². The van der Waals surface area contributed by atoms with Crippen molar-refractivity contribution in [2.75, 3.05) is 27.3 Å². The number of pyridine rings is 2. The average molecular weight is 776 g/mol. The van der Waals surface area contributed by atoms with Crippen molar-refractivity contribution in [1.29, 1.82) is 5.26 Å². The molecule has 0 fully saturated rings. The number of aryl methyl sites for hydroxylation is 1. The number of carbonyl (C=O) groups is 1. The number of rotatable bonds is 15. The molecule has 56 heavy (non-hydrogen) atoms. The van der Waals surface area contributed by atoms with Gasteiger partial charge in [0.05, 0.1) is 24.3 Å². The Labute approximate surface area is 332 Å². The van der Waals surface area contributed by atoms with E-state index in [0.29, 0.717) is 16.7 Å². The highest BCUT2D eigenvalue weighted by Gasteiger charge is 2.40. The zero-order chi connectivity index (χ0) is 40.2. The van der Waals surface area contributed by atoms with Crippen LogP contribution in [0.2, 0.25) is 5.02 Å². The molecule has 0 saturated carbocycles. The second-order valence-electron chi connectivity index (χ2n) is 14.7. The van der Waals surface area contributed by atoms with E-state index in [2.05, 4.69) is 82.6 Å². The van der Waals surface area contributed by atoms with Crippen LogP contribution in [-0.2, 0) is 36.5 Å². The van der Waals surface area contributed by atoms with Gasteiger partial charge >= 0.3 is 5.97 Å². The van der Waals surface area contributed by atoms with Crippen molar-refractivity contribution in [3.63, 3.8) is 0 Å². The molecule has 12 heteroatoms. The molecule has 0 radical (unpaired) electrons. The van der Waals surface area contributed by atoms with Gasteiger partial charge in [-0.3, -0.25) is 20.0 Å². The van der Waals surface area contributed by atoms with Crippen LogP contribution in [0.15, 0.2) is 79.1 Å².